The summed E-state index contributed by atoms with van der Waals surface area (Å²) in [5.41, 5.74) is 14.0. The normalized spacial score (nSPS) is 12.3. The Kier molecular flexibility index (Phi) is 6.84. The lowest BCUT2D eigenvalue weighted by Crippen LogP contribution is -2.19. The van der Waals surface area contributed by atoms with E-state index in [-0.39, 0.29) is 0 Å². The second kappa shape index (κ2) is 12.3. The van der Waals surface area contributed by atoms with Gasteiger partial charge < -0.3 is 4.90 Å². The lowest BCUT2D eigenvalue weighted by atomic mass is 9.84. The van der Waals surface area contributed by atoms with E-state index >= 15 is 0 Å². The standard InChI is InChI=1S/C54H35N3/c1-56-48-25-12-24-47-53(48)57(54(55-47)39-32-27-34-13-2-3-15-38(34)33-39)49-26-11-23-46(52(49)56)51-44-20-8-6-18-42(44)50(43-19-7-9-21-45(43)51)37-30-28-36(29-31-37)41-22-10-16-35-14-4-5-17-40(35)41/h2-33H,1H3. The van der Waals surface area contributed by atoms with Gasteiger partial charge in [-0.2, -0.15) is 0 Å². The summed E-state index contributed by atoms with van der Waals surface area (Å²) >= 11 is 0. The Balaban J connectivity index is 1.09. The van der Waals surface area contributed by atoms with Crippen LogP contribution in [0.1, 0.15) is 0 Å². The van der Waals surface area contributed by atoms with Crippen LogP contribution < -0.4 is 4.90 Å². The van der Waals surface area contributed by atoms with Crippen LogP contribution in [0.4, 0.5) is 11.4 Å². The first kappa shape index (κ1) is 31.8. The van der Waals surface area contributed by atoms with Gasteiger partial charge >= 0.3 is 0 Å². The summed E-state index contributed by atoms with van der Waals surface area (Å²) in [6.45, 7) is 0. The van der Waals surface area contributed by atoms with Crippen molar-refractivity contribution in [2.24, 2.45) is 0 Å². The van der Waals surface area contributed by atoms with Crippen molar-refractivity contribution in [2.75, 3.05) is 11.9 Å². The second-order valence-corrected chi connectivity index (χ2v) is 15.2. The monoisotopic (exact) mass is 725 g/mol. The average Bonchev–Trinajstić information content (AvgIpc) is 3.67. The van der Waals surface area contributed by atoms with E-state index in [2.05, 4.69) is 211 Å². The van der Waals surface area contributed by atoms with Gasteiger partial charge in [-0.15, -0.1) is 0 Å². The number of hydrogen-bond donors (Lipinski definition) is 0. The van der Waals surface area contributed by atoms with E-state index in [1.54, 1.807) is 0 Å². The number of fused-ring (bicyclic) bond motifs is 6. The minimum absolute atomic E-state index is 0.951. The van der Waals surface area contributed by atoms with Gasteiger partial charge in [0.1, 0.15) is 5.82 Å². The van der Waals surface area contributed by atoms with Crippen molar-refractivity contribution >= 4 is 65.5 Å². The zero-order valence-corrected chi connectivity index (χ0v) is 31.3. The summed E-state index contributed by atoms with van der Waals surface area (Å²) in [5.74, 6) is 0.951. The molecule has 1 aromatic heterocycles. The quantitative estimate of drug-likeness (QED) is 0.168. The van der Waals surface area contributed by atoms with Gasteiger partial charge in [-0.25, -0.2) is 4.98 Å². The topological polar surface area (TPSA) is 21.1 Å². The highest BCUT2D eigenvalue weighted by Gasteiger charge is 2.30. The smallest absolute Gasteiger partial charge is 0.145 e. The predicted molar refractivity (Wildman–Crippen MR) is 241 cm³/mol. The van der Waals surface area contributed by atoms with E-state index in [0.29, 0.717) is 0 Å². The molecule has 3 nitrogen and oxygen atoms in total. The molecule has 0 saturated heterocycles. The van der Waals surface area contributed by atoms with Crippen LogP contribution in [0.2, 0.25) is 0 Å². The summed E-state index contributed by atoms with van der Waals surface area (Å²) in [6, 6.07) is 70.8. The van der Waals surface area contributed by atoms with Gasteiger partial charge in [-0.3, -0.25) is 4.57 Å². The van der Waals surface area contributed by atoms with Crippen LogP contribution in [0.25, 0.3) is 105 Å². The lowest BCUT2D eigenvalue weighted by Gasteiger charge is -2.32. The van der Waals surface area contributed by atoms with Crippen molar-refractivity contribution in [1.29, 1.82) is 0 Å². The van der Waals surface area contributed by atoms with Crippen molar-refractivity contribution in [1.82, 2.24) is 9.55 Å². The highest BCUT2D eigenvalue weighted by atomic mass is 15.2. The summed E-state index contributed by atoms with van der Waals surface area (Å²) in [6.07, 6.45) is 0. The van der Waals surface area contributed by atoms with E-state index in [1.165, 1.54) is 82.2 Å². The maximum Gasteiger partial charge on any atom is 0.145 e. The molecule has 11 aromatic rings. The van der Waals surface area contributed by atoms with E-state index < -0.39 is 0 Å². The van der Waals surface area contributed by atoms with Crippen LogP contribution in [0.15, 0.2) is 194 Å². The third-order valence-corrected chi connectivity index (χ3v) is 12.1. The highest BCUT2D eigenvalue weighted by molar-refractivity contribution is 6.23. The molecular formula is C54H35N3. The summed E-state index contributed by atoms with van der Waals surface area (Å²) < 4.78 is 2.39. The molecule has 1 aliphatic heterocycles. The van der Waals surface area contributed by atoms with Crippen molar-refractivity contribution in [2.45, 2.75) is 0 Å². The maximum atomic E-state index is 5.32. The molecule has 0 fully saturated rings. The Morgan fingerprint density at radius 3 is 1.68 bits per heavy atom. The summed E-state index contributed by atoms with van der Waals surface area (Å²) in [4.78, 5) is 7.70. The van der Waals surface area contributed by atoms with Gasteiger partial charge in [0.05, 0.1) is 28.1 Å². The van der Waals surface area contributed by atoms with E-state index in [4.69, 9.17) is 4.98 Å². The maximum absolute atomic E-state index is 5.32. The van der Waals surface area contributed by atoms with Crippen molar-refractivity contribution in [3.05, 3.63) is 194 Å². The Morgan fingerprint density at radius 2 is 0.930 bits per heavy atom. The van der Waals surface area contributed by atoms with Crippen molar-refractivity contribution in [3.63, 3.8) is 0 Å². The Labute approximate surface area is 330 Å². The van der Waals surface area contributed by atoms with Crippen LogP contribution in [-0.4, -0.2) is 16.6 Å². The molecule has 0 radical (unpaired) electrons. The number of nitrogens with zero attached hydrogens (tertiary/aromatic N) is 3. The number of rotatable bonds is 4. The van der Waals surface area contributed by atoms with Crippen molar-refractivity contribution < 1.29 is 0 Å². The number of hydrogen-bond acceptors (Lipinski definition) is 2. The Hall–Kier alpha value is -7.49. The van der Waals surface area contributed by atoms with Crippen LogP contribution in [0.3, 0.4) is 0 Å². The fraction of sp³-hybridized carbons (Fsp3) is 0.0185. The van der Waals surface area contributed by atoms with Crippen LogP contribution in [0.5, 0.6) is 0 Å². The van der Waals surface area contributed by atoms with E-state index in [0.717, 1.165) is 33.8 Å². The van der Waals surface area contributed by atoms with Crippen LogP contribution >= 0.6 is 0 Å². The molecule has 0 aliphatic carbocycles. The molecule has 0 spiro atoms. The first-order chi connectivity index (χ1) is 28.2. The fourth-order valence-corrected chi connectivity index (χ4v) is 9.55. The summed E-state index contributed by atoms with van der Waals surface area (Å²) in [7, 11) is 2.21. The second-order valence-electron chi connectivity index (χ2n) is 15.2. The molecule has 0 atom stereocenters. The number of benzene rings is 10. The third-order valence-electron chi connectivity index (χ3n) is 12.1. The molecule has 0 unspecified atom stereocenters. The largest absolute Gasteiger partial charge is 0.341 e. The molecule has 57 heavy (non-hydrogen) atoms. The van der Waals surface area contributed by atoms with E-state index in [1.807, 2.05) is 0 Å². The fourth-order valence-electron chi connectivity index (χ4n) is 9.55. The minimum atomic E-state index is 0.951. The number of anilines is 2. The lowest BCUT2D eigenvalue weighted by molar-refractivity contribution is 1.05. The molecule has 0 amide bonds. The van der Waals surface area contributed by atoms with Gasteiger partial charge in [0.2, 0.25) is 0 Å². The van der Waals surface area contributed by atoms with Crippen LogP contribution in [-0.2, 0) is 0 Å². The van der Waals surface area contributed by atoms with Gasteiger partial charge in [-0.1, -0.05) is 170 Å². The molecule has 0 bridgehead atoms. The van der Waals surface area contributed by atoms with Gasteiger partial charge in [0, 0.05) is 18.2 Å². The summed E-state index contributed by atoms with van der Waals surface area (Å²) in [5, 5.41) is 9.90. The molecular weight excluding hydrogens is 691 g/mol. The molecule has 3 heteroatoms. The van der Waals surface area contributed by atoms with Crippen LogP contribution in [0, 0.1) is 0 Å². The zero-order valence-electron chi connectivity index (χ0n) is 31.3. The number of imidazole rings is 1. The first-order valence-corrected chi connectivity index (χ1v) is 19.6. The van der Waals surface area contributed by atoms with Crippen molar-refractivity contribution in [3.8, 4) is 50.5 Å². The number of aromatic nitrogens is 2. The molecule has 0 N–H and O–H groups in total. The molecule has 266 valence electrons. The Morgan fingerprint density at radius 1 is 0.386 bits per heavy atom. The van der Waals surface area contributed by atoms with Gasteiger partial charge in [0.15, 0.2) is 0 Å². The molecule has 0 saturated carbocycles. The third kappa shape index (κ3) is 4.69. The zero-order chi connectivity index (χ0) is 37.6. The molecule has 10 aromatic carbocycles. The average molecular weight is 726 g/mol. The SMILES string of the molecule is CN1c2c(-c3c4ccccc4c(-c4ccc(-c5cccc6ccccc56)cc4)c4ccccc34)cccc2-n2c(-c3ccc4ccccc4c3)nc3cccc1c32. The predicted octanol–water partition coefficient (Wildman–Crippen LogP) is 14.4. The molecule has 1 aliphatic rings. The number of para-hydroxylation sites is 2. The van der Waals surface area contributed by atoms with Gasteiger partial charge in [0.25, 0.3) is 0 Å². The molecule has 2 heterocycles. The highest BCUT2D eigenvalue weighted by Crippen LogP contribution is 2.52. The molecule has 12 rings (SSSR count). The van der Waals surface area contributed by atoms with Gasteiger partial charge in [-0.05, 0) is 95.2 Å². The Bertz CT molecular complexity index is 3360. The minimum Gasteiger partial charge on any atom is -0.341 e. The van der Waals surface area contributed by atoms with E-state index in [9.17, 15) is 0 Å². The first-order valence-electron chi connectivity index (χ1n) is 19.6.